The predicted molar refractivity (Wildman–Crippen MR) is 142 cm³/mol. The minimum Gasteiger partial charge on any atom is -0.457 e. The lowest BCUT2D eigenvalue weighted by atomic mass is 10.0. The first-order valence-electron chi connectivity index (χ1n) is 12.6. The average molecular weight is 647 g/mol. The van der Waals surface area contributed by atoms with Crippen molar-refractivity contribution in [1.29, 1.82) is 0 Å². The van der Waals surface area contributed by atoms with E-state index in [4.69, 9.17) is 9.47 Å². The number of halogens is 6. The topological polar surface area (TPSA) is 124 Å². The Balaban J connectivity index is 0.00000104. The van der Waals surface area contributed by atoms with E-state index < -0.39 is 65.8 Å². The van der Waals surface area contributed by atoms with Gasteiger partial charge >= 0.3 is 42.4 Å². The van der Waals surface area contributed by atoms with Gasteiger partial charge in [0.15, 0.2) is 0 Å². The van der Waals surface area contributed by atoms with Crippen LogP contribution in [0.3, 0.4) is 0 Å². The van der Waals surface area contributed by atoms with Gasteiger partial charge in [0.05, 0.1) is 0 Å². The van der Waals surface area contributed by atoms with E-state index in [1.54, 1.807) is 41.5 Å². The lowest BCUT2D eigenvalue weighted by molar-refractivity contribution is -0.358. The molecule has 0 amide bonds. The molecule has 250 valence electrons. The molecule has 10 nitrogen and oxygen atoms in total. The van der Waals surface area contributed by atoms with Crippen LogP contribution in [0.4, 0.5) is 40.7 Å². The third-order valence-electron chi connectivity index (χ3n) is 4.24. The van der Waals surface area contributed by atoms with Gasteiger partial charge in [0.25, 0.3) is 0 Å². The molecule has 0 N–H and O–H groups in total. The van der Waals surface area contributed by atoms with Crippen molar-refractivity contribution in [3.05, 3.63) is 42.0 Å². The van der Waals surface area contributed by atoms with Crippen LogP contribution in [0.1, 0.15) is 73.4 Å². The first kappa shape index (κ1) is 40.0. The molecule has 0 aliphatic carbocycles. The van der Waals surface area contributed by atoms with Gasteiger partial charge in [-0.25, -0.2) is 19.2 Å². The molecular weight excluding hydrogens is 610 g/mol. The first-order chi connectivity index (χ1) is 19.5. The Kier molecular flexibility index (Phi) is 13.3. The smallest absolute Gasteiger partial charge is 0.457 e. The molecular formula is C28H36F6O10. The van der Waals surface area contributed by atoms with E-state index in [1.165, 1.54) is 51.1 Å². The molecule has 0 aliphatic heterocycles. The molecule has 0 fully saturated rings. The lowest BCUT2D eigenvalue weighted by Gasteiger charge is -2.34. The van der Waals surface area contributed by atoms with Crippen LogP contribution in [-0.2, 0) is 39.8 Å². The quantitative estimate of drug-likeness (QED) is 0.134. The van der Waals surface area contributed by atoms with Crippen LogP contribution in [0.5, 0.6) is 0 Å². The number of hydrogen-bond donors (Lipinski definition) is 0. The summed E-state index contributed by atoms with van der Waals surface area (Å²) < 4.78 is 106. The van der Waals surface area contributed by atoms with Gasteiger partial charge in [-0.2, -0.15) is 26.3 Å². The van der Waals surface area contributed by atoms with E-state index in [0.717, 1.165) is 0 Å². The van der Waals surface area contributed by atoms with E-state index in [2.05, 4.69) is 25.5 Å². The zero-order valence-corrected chi connectivity index (χ0v) is 25.7. The monoisotopic (exact) mass is 646 g/mol. The molecule has 16 heteroatoms. The van der Waals surface area contributed by atoms with Crippen LogP contribution >= 0.6 is 0 Å². The fourth-order valence-corrected chi connectivity index (χ4v) is 2.56. The number of rotatable bonds is 5. The zero-order valence-electron chi connectivity index (χ0n) is 25.7. The van der Waals surface area contributed by atoms with Crippen molar-refractivity contribution in [2.45, 2.75) is 104 Å². The highest BCUT2D eigenvalue weighted by molar-refractivity contribution is 5.84. The summed E-state index contributed by atoms with van der Waals surface area (Å²) in [5, 5.41) is 0. The zero-order chi connectivity index (χ0) is 34.9. The summed E-state index contributed by atoms with van der Waals surface area (Å²) in [4.78, 5) is 45.5. The third kappa shape index (κ3) is 14.0. The van der Waals surface area contributed by atoms with Gasteiger partial charge in [-0.3, -0.25) is 0 Å². The van der Waals surface area contributed by atoms with Crippen molar-refractivity contribution < 1.29 is 73.9 Å². The third-order valence-corrected chi connectivity index (χ3v) is 4.24. The van der Waals surface area contributed by atoms with Gasteiger partial charge in [0.2, 0.25) is 0 Å². The molecule has 0 bridgehead atoms. The van der Waals surface area contributed by atoms with Gasteiger partial charge in [-0.05, 0) is 73.4 Å². The summed E-state index contributed by atoms with van der Waals surface area (Å²) in [7, 11) is 0. The average Bonchev–Trinajstić information content (AvgIpc) is 2.76. The van der Waals surface area contributed by atoms with E-state index >= 15 is 0 Å². The van der Waals surface area contributed by atoms with E-state index in [0.29, 0.717) is 5.56 Å². The molecule has 0 heterocycles. The molecule has 0 atom stereocenters. The lowest BCUT2D eigenvalue weighted by Crippen LogP contribution is -2.65. The largest absolute Gasteiger partial charge is 0.519 e. The number of hydrogen-bond acceptors (Lipinski definition) is 10. The van der Waals surface area contributed by atoms with Gasteiger partial charge in [0, 0.05) is 0 Å². The van der Waals surface area contributed by atoms with E-state index in [9.17, 15) is 45.5 Å². The van der Waals surface area contributed by atoms with Crippen LogP contribution in [0, 0.1) is 0 Å². The van der Waals surface area contributed by atoms with Crippen molar-refractivity contribution in [1.82, 2.24) is 0 Å². The van der Waals surface area contributed by atoms with Crippen LogP contribution in [0.2, 0.25) is 0 Å². The van der Waals surface area contributed by atoms with Gasteiger partial charge < -0.3 is 28.4 Å². The number of alkyl halides is 6. The van der Waals surface area contributed by atoms with E-state index in [-0.39, 0.29) is 5.56 Å². The number of ether oxygens (including phenoxy) is 6. The normalized spacial score (nSPS) is 12.5. The summed E-state index contributed by atoms with van der Waals surface area (Å²) in [6, 6.07) is 5.52. The molecule has 0 saturated carbocycles. The molecule has 0 spiro atoms. The highest BCUT2D eigenvalue weighted by Crippen LogP contribution is 2.47. The molecule has 0 aromatic heterocycles. The number of benzene rings is 1. The molecule has 0 unspecified atom stereocenters. The van der Waals surface area contributed by atoms with E-state index in [1.807, 2.05) is 0 Å². The van der Waals surface area contributed by atoms with Crippen molar-refractivity contribution in [3.8, 4) is 0 Å². The maximum absolute atomic E-state index is 13.4. The minimum absolute atomic E-state index is 0.0967. The Bertz CT molecular complexity index is 1110. The molecule has 1 aromatic rings. The highest BCUT2D eigenvalue weighted by Gasteiger charge is 2.81. The molecule has 0 aliphatic rings. The number of carbonyl (C=O) groups is 4. The molecule has 0 saturated heterocycles. The van der Waals surface area contributed by atoms with Gasteiger partial charge in [-0.1, -0.05) is 36.9 Å². The van der Waals surface area contributed by atoms with Gasteiger partial charge in [-0.15, -0.1) is 0 Å². The minimum atomic E-state index is -6.37. The maximum Gasteiger partial charge on any atom is 0.519 e. The SMILES string of the molecule is C=Cc1ccc(COC(=O)C(OC(=O)OC(C)(C)C)(C(F)(F)F)C(F)(F)F)cc1.CC(C)(C)OC(=O)OC(=O)OC(C)(C)C. The Labute approximate surface area is 250 Å². The maximum atomic E-state index is 13.4. The fraction of sp³-hybridized carbons (Fsp3) is 0.571. The van der Waals surface area contributed by atoms with Crippen molar-refractivity contribution in [2.75, 3.05) is 0 Å². The summed E-state index contributed by atoms with van der Waals surface area (Å²) in [6.45, 7) is 16.1. The number of carbonyl (C=O) groups excluding carboxylic acids is 4. The Morgan fingerprint density at radius 2 is 1.00 bits per heavy atom. The Morgan fingerprint density at radius 3 is 1.32 bits per heavy atom. The Morgan fingerprint density at radius 1 is 0.636 bits per heavy atom. The molecule has 44 heavy (non-hydrogen) atoms. The standard InChI is InChI=1S/C18H18F6O5.C10H18O5/c1-5-11-6-8-12(9-7-11)10-27-13(25)16(17(19,20)21,18(22,23)24)29-14(26)28-15(2,3)4;1-9(2,3)14-7(11)13-8(12)15-10(4,5)6/h5-9H,1,10H2,2-4H3;1-6H3. The van der Waals surface area contributed by atoms with Crippen molar-refractivity contribution >= 4 is 30.5 Å². The summed E-state index contributed by atoms with van der Waals surface area (Å²) in [5.41, 5.74) is -7.70. The van der Waals surface area contributed by atoms with Crippen LogP contribution in [0.25, 0.3) is 6.08 Å². The predicted octanol–water partition coefficient (Wildman–Crippen LogP) is 8.06. The van der Waals surface area contributed by atoms with Crippen LogP contribution < -0.4 is 0 Å². The van der Waals surface area contributed by atoms with Crippen molar-refractivity contribution in [2.24, 2.45) is 0 Å². The molecule has 1 aromatic carbocycles. The fourth-order valence-electron chi connectivity index (χ4n) is 2.56. The van der Waals surface area contributed by atoms with Crippen LogP contribution in [0.15, 0.2) is 30.8 Å². The van der Waals surface area contributed by atoms with Crippen molar-refractivity contribution in [3.63, 3.8) is 0 Å². The second kappa shape index (κ2) is 14.7. The first-order valence-corrected chi connectivity index (χ1v) is 12.6. The molecule has 1 rings (SSSR count). The van der Waals surface area contributed by atoms with Crippen LogP contribution in [-0.4, -0.2) is 59.2 Å². The van der Waals surface area contributed by atoms with Gasteiger partial charge in [0.1, 0.15) is 23.4 Å². The summed E-state index contributed by atoms with van der Waals surface area (Å²) in [6.07, 6.45) is -15.7. The summed E-state index contributed by atoms with van der Waals surface area (Å²) in [5.74, 6) is -2.85. The molecule has 0 radical (unpaired) electrons. The second-order valence-corrected chi connectivity index (χ2v) is 11.8. The Hall–Kier alpha value is -3.98. The second-order valence-electron chi connectivity index (χ2n) is 11.8. The highest BCUT2D eigenvalue weighted by atomic mass is 19.4. The summed E-state index contributed by atoms with van der Waals surface area (Å²) >= 11 is 0. The number of esters is 1.